The molecular weight excluding hydrogens is 156 g/mol. The van der Waals surface area contributed by atoms with Crippen LogP contribution in [0.25, 0.3) is 0 Å². The van der Waals surface area contributed by atoms with Gasteiger partial charge in [-0.2, -0.15) is 0 Å². The van der Waals surface area contributed by atoms with E-state index in [4.69, 9.17) is 4.42 Å². The first kappa shape index (κ1) is 8.64. The van der Waals surface area contributed by atoms with E-state index in [0.29, 0.717) is 0 Å². The molecule has 1 unspecified atom stereocenters. The summed E-state index contributed by atoms with van der Waals surface area (Å²) in [6, 6.07) is 1.60. The second-order valence-corrected chi connectivity index (χ2v) is 2.50. The molecule has 0 radical (unpaired) electrons. The van der Waals surface area contributed by atoms with Crippen LogP contribution in [0.4, 0.5) is 4.79 Å². The minimum Gasteiger partial charge on any atom is -0.472 e. The first-order valence-electron chi connectivity index (χ1n) is 3.74. The molecule has 0 aliphatic rings. The van der Waals surface area contributed by atoms with Crippen molar-refractivity contribution in [2.75, 3.05) is 7.05 Å². The number of rotatable bonds is 2. The van der Waals surface area contributed by atoms with Crippen LogP contribution in [0.3, 0.4) is 0 Å². The van der Waals surface area contributed by atoms with Gasteiger partial charge in [-0.05, 0) is 13.0 Å². The standard InChI is InChI=1S/C8H12N2O2/c1-6(10-8(11)9-2)7-3-4-12-5-7/h3-6H,1-2H3,(H2,9,10,11). The Morgan fingerprint density at radius 1 is 1.67 bits per heavy atom. The van der Waals surface area contributed by atoms with E-state index >= 15 is 0 Å². The molecule has 12 heavy (non-hydrogen) atoms. The van der Waals surface area contributed by atoms with Crippen molar-refractivity contribution in [3.63, 3.8) is 0 Å². The van der Waals surface area contributed by atoms with Gasteiger partial charge in [0, 0.05) is 12.6 Å². The Bertz CT molecular complexity index is 244. The quantitative estimate of drug-likeness (QED) is 0.698. The van der Waals surface area contributed by atoms with Crippen molar-refractivity contribution < 1.29 is 9.21 Å². The number of urea groups is 1. The van der Waals surface area contributed by atoms with Gasteiger partial charge in [0.2, 0.25) is 0 Å². The van der Waals surface area contributed by atoms with Crippen LogP contribution < -0.4 is 10.6 Å². The van der Waals surface area contributed by atoms with Gasteiger partial charge < -0.3 is 15.1 Å². The highest BCUT2D eigenvalue weighted by Crippen LogP contribution is 2.11. The highest BCUT2D eigenvalue weighted by atomic mass is 16.3. The lowest BCUT2D eigenvalue weighted by Crippen LogP contribution is -2.34. The van der Waals surface area contributed by atoms with Crippen LogP contribution in [0.1, 0.15) is 18.5 Å². The monoisotopic (exact) mass is 168 g/mol. The van der Waals surface area contributed by atoms with Crippen molar-refractivity contribution >= 4 is 6.03 Å². The minimum absolute atomic E-state index is 0.0244. The molecule has 2 N–H and O–H groups in total. The zero-order chi connectivity index (χ0) is 8.97. The Morgan fingerprint density at radius 3 is 2.92 bits per heavy atom. The molecule has 1 aromatic heterocycles. The second kappa shape index (κ2) is 3.80. The van der Waals surface area contributed by atoms with Gasteiger partial charge in [0.1, 0.15) is 0 Å². The summed E-state index contributed by atoms with van der Waals surface area (Å²) in [5, 5.41) is 5.20. The fourth-order valence-corrected chi connectivity index (χ4v) is 0.874. The molecule has 0 bridgehead atoms. The predicted octanol–water partition coefficient (Wildman–Crippen LogP) is 1.27. The second-order valence-electron chi connectivity index (χ2n) is 2.50. The fraction of sp³-hybridized carbons (Fsp3) is 0.375. The maximum absolute atomic E-state index is 10.9. The lowest BCUT2D eigenvalue weighted by Gasteiger charge is -2.10. The Morgan fingerprint density at radius 2 is 2.42 bits per heavy atom. The number of amides is 2. The summed E-state index contributed by atoms with van der Waals surface area (Å²) < 4.78 is 4.88. The average molecular weight is 168 g/mol. The van der Waals surface area contributed by atoms with Crippen molar-refractivity contribution in [1.82, 2.24) is 10.6 Å². The van der Waals surface area contributed by atoms with Crippen molar-refractivity contribution in [2.24, 2.45) is 0 Å². The highest BCUT2D eigenvalue weighted by Gasteiger charge is 2.07. The third-order valence-corrected chi connectivity index (χ3v) is 1.62. The van der Waals surface area contributed by atoms with Gasteiger partial charge in [-0.25, -0.2) is 4.79 Å². The number of nitrogens with one attached hydrogen (secondary N) is 2. The number of furan rings is 1. The predicted molar refractivity (Wildman–Crippen MR) is 44.7 cm³/mol. The van der Waals surface area contributed by atoms with E-state index in [0.717, 1.165) is 5.56 Å². The summed E-state index contributed by atoms with van der Waals surface area (Å²) >= 11 is 0. The van der Waals surface area contributed by atoms with E-state index in [2.05, 4.69) is 10.6 Å². The summed E-state index contributed by atoms with van der Waals surface area (Å²) in [7, 11) is 1.58. The van der Waals surface area contributed by atoms with E-state index < -0.39 is 0 Å². The normalized spacial score (nSPS) is 12.2. The van der Waals surface area contributed by atoms with Crippen LogP contribution in [-0.2, 0) is 0 Å². The van der Waals surface area contributed by atoms with Crippen LogP contribution in [0, 0.1) is 0 Å². The van der Waals surface area contributed by atoms with Crippen molar-refractivity contribution in [2.45, 2.75) is 13.0 Å². The molecule has 1 rings (SSSR count). The number of hydrogen-bond donors (Lipinski definition) is 2. The maximum atomic E-state index is 10.9. The molecule has 0 fully saturated rings. The number of carbonyl (C=O) groups excluding carboxylic acids is 1. The molecule has 0 spiro atoms. The molecular formula is C8H12N2O2. The first-order chi connectivity index (χ1) is 5.74. The van der Waals surface area contributed by atoms with Gasteiger partial charge in [-0.1, -0.05) is 0 Å². The Balaban J connectivity index is 2.49. The van der Waals surface area contributed by atoms with Crippen LogP contribution in [0.5, 0.6) is 0 Å². The van der Waals surface area contributed by atoms with Crippen LogP contribution >= 0.6 is 0 Å². The van der Waals surface area contributed by atoms with E-state index in [-0.39, 0.29) is 12.1 Å². The van der Waals surface area contributed by atoms with Gasteiger partial charge in [0.15, 0.2) is 0 Å². The van der Waals surface area contributed by atoms with E-state index in [9.17, 15) is 4.79 Å². The van der Waals surface area contributed by atoms with E-state index in [1.54, 1.807) is 19.6 Å². The molecule has 1 heterocycles. The molecule has 0 aromatic carbocycles. The minimum atomic E-state index is -0.191. The molecule has 1 atom stereocenters. The molecule has 1 aromatic rings. The van der Waals surface area contributed by atoms with Crippen molar-refractivity contribution in [3.8, 4) is 0 Å². The lowest BCUT2D eigenvalue weighted by atomic mass is 10.2. The lowest BCUT2D eigenvalue weighted by molar-refractivity contribution is 0.240. The molecule has 0 saturated carbocycles. The summed E-state index contributed by atoms with van der Waals surface area (Å²) in [5.74, 6) is 0. The maximum Gasteiger partial charge on any atom is 0.315 e. The van der Waals surface area contributed by atoms with Gasteiger partial charge >= 0.3 is 6.03 Å². The number of hydrogen-bond acceptors (Lipinski definition) is 2. The molecule has 66 valence electrons. The molecule has 4 nitrogen and oxygen atoms in total. The molecule has 0 saturated heterocycles. The summed E-state index contributed by atoms with van der Waals surface area (Å²) in [4.78, 5) is 10.9. The van der Waals surface area contributed by atoms with Crippen LogP contribution in [0.15, 0.2) is 23.0 Å². The largest absolute Gasteiger partial charge is 0.472 e. The Kier molecular flexibility index (Phi) is 2.74. The van der Waals surface area contributed by atoms with Crippen molar-refractivity contribution in [3.05, 3.63) is 24.2 Å². The molecule has 0 aliphatic heterocycles. The average Bonchev–Trinajstić information content (AvgIpc) is 2.56. The highest BCUT2D eigenvalue weighted by molar-refractivity contribution is 5.73. The summed E-state index contributed by atoms with van der Waals surface area (Å²) in [6.07, 6.45) is 3.19. The first-order valence-corrected chi connectivity index (χ1v) is 3.74. The third-order valence-electron chi connectivity index (χ3n) is 1.62. The topological polar surface area (TPSA) is 54.3 Å². The van der Waals surface area contributed by atoms with Crippen molar-refractivity contribution in [1.29, 1.82) is 0 Å². The summed E-state index contributed by atoms with van der Waals surface area (Å²) in [5.41, 5.74) is 0.957. The van der Waals surface area contributed by atoms with E-state index in [1.165, 1.54) is 0 Å². The molecule has 4 heteroatoms. The van der Waals surface area contributed by atoms with Crippen LogP contribution in [0.2, 0.25) is 0 Å². The zero-order valence-corrected chi connectivity index (χ0v) is 7.13. The van der Waals surface area contributed by atoms with Gasteiger partial charge in [0.05, 0.1) is 18.6 Å². The molecule has 2 amide bonds. The van der Waals surface area contributed by atoms with E-state index in [1.807, 2.05) is 13.0 Å². The fourth-order valence-electron chi connectivity index (χ4n) is 0.874. The Labute approximate surface area is 70.9 Å². The SMILES string of the molecule is CNC(=O)NC(C)c1ccoc1. The summed E-state index contributed by atoms with van der Waals surface area (Å²) in [6.45, 7) is 1.89. The van der Waals surface area contributed by atoms with Gasteiger partial charge in [-0.15, -0.1) is 0 Å². The smallest absolute Gasteiger partial charge is 0.315 e. The number of carbonyl (C=O) groups is 1. The molecule has 0 aliphatic carbocycles. The third kappa shape index (κ3) is 2.02. The van der Waals surface area contributed by atoms with Crippen LogP contribution in [-0.4, -0.2) is 13.1 Å². The Hall–Kier alpha value is -1.45. The zero-order valence-electron chi connectivity index (χ0n) is 7.13. The van der Waals surface area contributed by atoms with Gasteiger partial charge in [-0.3, -0.25) is 0 Å². The van der Waals surface area contributed by atoms with Gasteiger partial charge in [0.25, 0.3) is 0 Å².